The van der Waals surface area contributed by atoms with Gasteiger partial charge in [0.15, 0.2) is 0 Å². The summed E-state index contributed by atoms with van der Waals surface area (Å²) < 4.78 is 7.39. The van der Waals surface area contributed by atoms with Crippen LogP contribution in [-0.2, 0) is 23.0 Å². The van der Waals surface area contributed by atoms with Gasteiger partial charge < -0.3 is 9.30 Å². The van der Waals surface area contributed by atoms with Gasteiger partial charge in [-0.25, -0.2) is 0 Å². The number of carbonyl (C=O) groups is 1. The maximum absolute atomic E-state index is 11.8. The highest BCUT2D eigenvalue weighted by Crippen LogP contribution is 2.21. The lowest BCUT2D eigenvalue weighted by molar-refractivity contribution is -0.153. The Morgan fingerprint density at radius 1 is 1.28 bits per heavy atom. The van der Waals surface area contributed by atoms with Crippen LogP contribution in [0.1, 0.15) is 26.3 Å². The van der Waals surface area contributed by atoms with E-state index in [0.29, 0.717) is 6.42 Å². The SMILES string of the molecule is Cn1cc(CC(=O)OC(C)(C)C)c2ccccc21. The van der Waals surface area contributed by atoms with E-state index in [1.54, 1.807) is 0 Å². The molecule has 0 aliphatic rings. The van der Waals surface area contributed by atoms with Crippen molar-refractivity contribution in [2.45, 2.75) is 32.8 Å². The van der Waals surface area contributed by atoms with Crippen LogP contribution in [0.5, 0.6) is 0 Å². The molecule has 96 valence electrons. The number of ether oxygens (including phenoxy) is 1. The summed E-state index contributed by atoms with van der Waals surface area (Å²) in [6.45, 7) is 5.65. The Kier molecular flexibility index (Phi) is 3.16. The molecule has 2 aromatic rings. The normalized spacial score (nSPS) is 11.8. The largest absolute Gasteiger partial charge is 0.460 e. The molecule has 0 unspecified atom stereocenters. The molecule has 0 aliphatic heterocycles. The fourth-order valence-electron chi connectivity index (χ4n) is 2.10. The summed E-state index contributed by atoms with van der Waals surface area (Å²) in [5.74, 6) is -0.182. The van der Waals surface area contributed by atoms with Gasteiger partial charge in [0.2, 0.25) is 0 Å². The number of aromatic nitrogens is 1. The van der Waals surface area contributed by atoms with E-state index in [1.165, 1.54) is 0 Å². The summed E-state index contributed by atoms with van der Waals surface area (Å²) in [4.78, 5) is 11.8. The van der Waals surface area contributed by atoms with Crippen LogP contribution in [0.3, 0.4) is 0 Å². The summed E-state index contributed by atoms with van der Waals surface area (Å²) in [6.07, 6.45) is 2.31. The lowest BCUT2D eigenvalue weighted by Gasteiger charge is -2.19. The third-order valence-corrected chi connectivity index (χ3v) is 2.73. The van der Waals surface area contributed by atoms with Gasteiger partial charge in [0, 0.05) is 24.1 Å². The first-order valence-electron chi connectivity index (χ1n) is 6.11. The second kappa shape index (κ2) is 4.48. The van der Waals surface area contributed by atoms with Crippen LogP contribution in [0.4, 0.5) is 0 Å². The van der Waals surface area contributed by atoms with Crippen molar-refractivity contribution in [2.75, 3.05) is 0 Å². The Morgan fingerprint density at radius 2 is 1.94 bits per heavy atom. The Bertz CT molecular complexity index is 576. The molecule has 0 radical (unpaired) electrons. The van der Waals surface area contributed by atoms with Gasteiger partial charge in [-0.2, -0.15) is 0 Å². The Balaban J connectivity index is 2.25. The van der Waals surface area contributed by atoms with Gasteiger partial charge in [0.05, 0.1) is 6.42 Å². The summed E-state index contributed by atoms with van der Waals surface area (Å²) >= 11 is 0. The smallest absolute Gasteiger partial charge is 0.310 e. The molecule has 0 spiro atoms. The molecular weight excluding hydrogens is 226 g/mol. The van der Waals surface area contributed by atoms with Crippen molar-refractivity contribution in [3.63, 3.8) is 0 Å². The predicted molar refractivity (Wildman–Crippen MR) is 72.5 cm³/mol. The van der Waals surface area contributed by atoms with Crippen molar-refractivity contribution in [3.05, 3.63) is 36.0 Å². The second-order valence-electron chi connectivity index (χ2n) is 5.55. The van der Waals surface area contributed by atoms with E-state index in [0.717, 1.165) is 16.5 Å². The average Bonchev–Trinajstić information content (AvgIpc) is 2.54. The van der Waals surface area contributed by atoms with E-state index in [9.17, 15) is 4.79 Å². The highest BCUT2D eigenvalue weighted by molar-refractivity contribution is 5.87. The molecule has 3 heteroatoms. The molecule has 0 N–H and O–H groups in total. The quantitative estimate of drug-likeness (QED) is 0.761. The number of rotatable bonds is 2. The molecule has 0 amide bonds. The average molecular weight is 245 g/mol. The van der Waals surface area contributed by atoms with Gasteiger partial charge in [0.25, 0.3) is 0 Å². The highest BCUT2D eigenvalue weighted by atomic mass is 16.6. The second-order valence-corrected chi connectivity index (χ2v) is 5.55. The maximum atomic E-state index is 11.8. The zero-order valence-electron chi connectivity index (χ0n) is 11.4. The van der Waals surface area contributed by atoms with Gasteiger partial charge in [-0.05, 0) is 32.4 Å². The molecule has 0 fully saturated rings. The van der Waals surface area contributed by atoms with Gasteiger partial charge >= 0.3 is 5.97 Å². The van der Waals surface area contributed by atoms with Crippen molar-refractivity contribution < 1.29 is 9.53 Å². The zero-order chi connectivity index (χ0) is 13.3. The lowest BCUT2D eigenvalue weighted by Crippen LogP contribution is -2.24. The van der Waals surface area contributed by atoms with Crippen molar-refractivity contribution in [1.29, 1.82) is 0 Å². The monoisotopic (exact) mass is 245 g/mol. The number of carbonyl (C=O) groups excluding carboxylic acids is 1. The zero-order valence-corrected chi connectivity index (χ0v) is 11.4. The Labute approximate surface area is 107 Å². The topological polar surface area (TPSA) is 31.2 Å². The number of hydrogen-bond donors (Lipinski definition) is 0. The molecule has 1 aromatic heterocycles. The van der Waals surface area contributed by atoms with Gasteiger partial charge in [-0.15, -0.1) is 0 Å². The Morgan fingerprint density at radius 3 is 2.61 bits per heavy atom. The van der Waals surface area contributed by atoms with Crippen LogP contribution in [0.25, 0.3) is 10.9 Å². The fraction of sp³-hybridized carbons (Fsp3) is 0.400. The number of esters is 1. The van der Waals surface area contributed by atoms with E-state index in [4.69, 9.17) is 4.74 Å². The maximum Gasteiger partial charge on any atom is 0.310 e. The molecule has 18 heavy (non-hydrogen) atoms. The van der Waals surface area contributed by atoms with Crippen molar-refractivity contribution >= 4 is 16.9 Å². The van der Waals surface area contributed by atoms with Crippen LogP contribution in [0, 0.1) is 0 Å². The summed E-state index contributed by atoms with van der Waals surface area (Å²) in [6, 6.07) is 8.07. The molecule has 0 saturated heterocycles. The number of aryl methyl sites for hydroxylation is 1. The first-order chi connectivity index (χ1) is 8.37. The highest BCUT2D eigenvalue weighted by Gasteiger charge is 2.18. The van der Waals surface area contributed by atoms with E-state index in [-0.39, 0.29) is 5.97 Å². The van der Waals surface area contributed by atoms with E-state index in [2.05, 4.69) is 0 Å². The number of hydrogen-bond acceptors (Lipinski definition) is 2. The van der Waals surface area contributed by atoms with Crippen LogP contribution in [-0.4, -0.2) is 16.1 Å². The molecule has 0 saturated carbocycles. The molecule has 1 heterocycles. The van der Waals surface area contributed by atoms with Crippen LogP contribution >= 0.6 is 0 Å². The van der Waals surface area contributed by atoms with Crippen molar-refractivity contribution in [2.24, 2.45) is 7.05 Å². The first kappa shape index (κ1) is 12.7. The first-order valence-corrected chi connectivity index (χ1v) is 6.11. The molecule has 0 bridgehead atoms. The predicted octanol–water partition coefficient (Wildman–Crippen LogP) is 3.06. The van der Waals surface area contributed by atoms with Gasteiger partial charge in [-0.1, -0.05) is 18.2 Å². The molecule has 0 atom stereocenters. The third-order valence-electron chi connectivity index (χ3n) is 2.73. The molecule has 3 nitrogen and oxygen atoms in total. The molecule has 1 aromatic carbocycles. The minimum absolute atomic E-state index is 0.182. The fourth-order valence-corrected chi connectivity index (χ4v) is 2.10. The van der Waals surface area contributed by atoms with Crippen molar-refractivity contribution in [1.82, 2.24) is 4.57 Å². The summed E-state index contributed by atoms with van der Waals surface area (Å²) in [5.41, 5.74) is 1.72. The number of nitrogens with zero attached hydrogens (tertiary/aromatic N) is 1. The lowest BCUT2D eigenvalue weighted by atomic mass is 10.1. The van der Waals surface area contributed by atoms with Crippen LogP contribution < -0.4 is 0 Å². The number of para-hydroxylation sites is 1. The molecule has 2 rings (SSSR count). The van der Waals surface area contributed by atoms with Crippen LogP contribution in [0.15, 0.2) is 30.5 Å². The minimum atomic E-state index is -0.429. The van der Waals surface area contributed by atoms with E-state index in [1.807, 2.05) is 62.8 Å². The van der Waals surface area contributed by atoms with Crippen LogP contribution in [0.2, 0.25) is 0 Å². The van der Waals surface area contributed by atoms with E-state index < -0.39 is 5.60 Å². The third kappa shape index (κ3) is 2.73. The summed E-state index contributed by atoms with van der Waals surface area (Å²) in [7, 11) is 1.99. The number of fused-ring (bicyclic) bond motifs is 1. The molecular formula is C15H19NO2. The van der Waals surface area contributed by atoms with Crippen molar-refractivity contribution in [3.8, 4) is 0 Å². The minimum Gasteiger partial charge on any atom is -0.460 e. The van der Waals surface area contributed by atoms with E-state index >= 15 is 0 Å². The van der Waals surface area contributed by atoms with Gasteiger partial charge in [0.1, 0.15) is 5.60 Å². The number of benzene rings is 1. The molecule has 0 aliphatic carbocycles. The Hall–Kier alpha value is -1.77. The summed E-state index contributed by atoms with van der Waals surface area (Å²) in [5, 5.41) is 1.12. The standard InChI is InChI=1S/C15H19NO2/c1-15(2,3)18-14(17)9-11-10-16(4)13-8-6-5-7-12(11)13/h5-8,10H,9H2,1-4H3. The van der Waals surface area contributed by atoms with Gasteiger partial charge in [-0.3, -0.25) is 4.79 Å².